The predicted octanol–water partition coefficient (Wildman–Crippen LogP) is 4.41. The summed E-state index contributed by atoms with van der Waals surface area (Å²) in [7, 11) is 0. The average molecular weight is 416 g/mol. The molecule has 2 amide bonds. The third kappa shape index (κ3) is 5.05. The van der Waals surface area contributed by atoms with Gasteiger partial charge in [0.25, 0.3) is 5.91 Å². The fourth-order valence-electron chi connectivity index (χ4n) is 2.92. The van der Waals surface area contributed by atoms with Crippen LogP contribution >= 0.6 is 0 Å². The largest absolute Gasteiger partial charge is 0.416 e. The molecule has 2 aromatic carbocycles. The van der Waals surface area contributed by atoms with E-state index in [0.717, 1.165) is 23.5 Å². The summed E-state index contributed by atoms with van der Waals surface area (Å²) in [5.41, 5.74) is 1.09. The van der Waals surface area contributed by atoms with E-state index in [-0.39, 0.29) is 29.4 Å². The van der Waals surface area contributed by atoms with Crippen LogP contribution < -0.4 is 10.6 Å². The summed E-state index contributed by atoms with van der Waals surface area (Å²) in [4.78, 5) is 25.0. The van der Waals surface area contributed by atoms with Gasteiger partial charge in [-0.3, -0.25) is 14.3 Å². The lowest BCUT2D eigenvalue weighted by atomic mass is 10.1. The fourth-order valence-corrected chi connectivity index (χ4v) is 2.92. The zero-order chi connectivity index (χ0) is 21.9. The topological polar surface area (TPSA) is 76.0 Å². The molecule has 6 nitrogen and oxygen atoms in total. The van der Waals surface area contributed by atoms with Crippen LogP contribution in [-0.2, 0) is 17.5 Å². The zero-order valence-electron chi connectivity index (χ0n) is 16.2. The Kier molecular flexibility index (Phi) is 5.91. The highest BCUT2D eigenvalue weighted by Gasteiger charge is 2.30. The van der Waals surface area contributed by atoms with Gasteiger partial charge in [-0.25, -0.2) is 0 Å². The first-order valence-electron chi connectivity index (χ1n) is 9.02. The van der Waals surface area contributed by atoms with E-state index < -0.39 is 17.6 Å². The second-order valence-corrected chi connectivity index (χ2v) is 6.71. The molecule has 2 N–H and O–H groups in total. The van der Waals surface area contributed by atoms with Crippen molar-refractivity contribution in [2.24, 2.45) is 0 Å². The van der Waals surface area contributed by atoms with E-state index in [4.69, 9.17) is 0 Å². The van der Waals surface area contributed by atoms with Gasteiger partial charge >= 0.3 is 6.18 Å². The van der Waals surface area contributed by atoms with Crippen LogP contribution in [-0.4, -0.2) is 21.6 Å². The van der Waals surface area contributed by atoms with Gasteiger partial charge in [-0.15, -0.1) is 0 Å². The van der Waals surface area contributed by atoms with Gasteiger partial charge in [0.05, 0.1) is 22.5 Å². The van der Waals surface area contributed by atoms with Crippen molar-refractivity contribution in [2.45, 2.75) is 26.6 Å². The van der Waals surface area contributed by atoms with Crippen LogP contribution in [0.25, 0.3) is 0 Å². The molecular weight excluding hydrogens is 397 g/mol. The van der Waals surface area contributed by atoms with Crippen molar-refractivity contribution in [1.82, 2.24) is 9.78 Å². The summed E-state index contributed by atoms with van der Waals surface area (Å²) in [6, 6.07) is 12.4. The van der Waals surface area contributed by atoms with E-state index in [9.17, 15) is 22.8 Å². The quantitative estimate of drug-likeness (QED) is 0.647. The number of para-hydroxylation sites is 1. The molecule has 0 radical (unpaired) electrons. The summed E-state index contributed by atoms with van der Waals surface area (Å²) in [6.45, 7) is 3.60. The van der Waals surface area contributed by atoms with Gasteiger partial charge in [0, 0.05) is 11.4 Å². The Morgan fingerprint density at radius 2 is 1.73 bits per heavy atom. The van der Waals surface area contributed by atoms with Crippen molar-refractivity contribution < 1.29 is 22.8 Å². The number of aryl methyl sites for hydroxylation is 2. The Labute approximate surface area is 170 Å². The summed E-state index contributed by atoms with van der Waals surface area (Å²) in [5, 5.41) is 9.31. The van der Waals surface area contributed by atoms with Crippen LogP contribution in [0.1, 0.15) is 27.3 Å². The molecule has 30 heavy (non-hydrogen) atoms. The molecule has 156 valence electrons. The highest BCUT2D eigenvalue weighted by atomic mass is 19.4. The second-order valence-electron chi connectivity index (χ2n) is 6.71. The van der Waals surface area contributed by atoms with E-state index >= 15 is 0 Å². The van der Waals surface area contributed by atoms with E-state index in [1.165, 1.54) is 22.9 Å². The molecule has 0 aliphatic heterocycles. The highest BCUT2D eigenvalue weighted by Crippen LogP contribution is 2.31. The smallest absolute Gasteiger partial charge is 0.324 e. The highest BCUT2D eigenvalue weighted by molar-refractivity contribution is 6.10. The molecular formula is C21H19F3N4O2. The monoisotopic (exact) mass is 416 g/mol. The van der Waals surface area contributed by atoms with Gasteiger partial charge in [0.2, 0.25) is 5.91 Å². The van der Waals surface area contributed by atoms with Crippen LogP contribution in [0.15, 0.2) is 54.6 Å². The maximum Gasteiger partial charge on any atom is 0.416 e. The molecule has 9 heteroatoms. The third-order valence-corrected chi connectivity index (χ3v) is 4.29. The number of amides is 2. The van der Waals surface area contributed by atoms with E-state index in [2.05, 4.69) is 15.7 Å². The zero-order valence-corrected chi connectivity index (χ0v) is 16.2. The number of alkyl halides is 3. The van der Waals surface area contributed by atoms with Crippen LogP contribution in [0.5, 0.6) is 0 Å². The van der Waals surface area contributed by atoms with Gasteiger partial charge in [0.15, 0.2) is 0 Å². The first-order chi connectivity index (χ1) is 14.1. The molecule has 0 spiro atoms. The van der Waals surface area contributed by atoms with Crippen molar-refractivity contribution in [3.8, 4) is 0 Å². The number of halogens is 3. The van der Waals surface area contributed by atoms with Gasteiger partial charge in [0.1, 0.15) is 6.54 Å². The van der Waals surface area contributed by atoms with Crippen molar-refractivity contribution >= 4 is 23.2 Å². The van der Waals surface area contributed by atoms with Gasteiger partial charge in [-0.05, 0) is 50.2 Å². The number of hydrogen-bond donors (Lipinski definition) is 2. The normalized spacial score (nSPS) is 11.2. The maximum absolute atomic E-state index is 12.9. The minimum absolute atomic E-state index is 0.00130. The fraction of sp³-hybridized carbons (Fsp3) is 0.190. The SMILES string of the molecule is Cc1cc(C)n(CC(=O)Nc2ccccc2C(=O)Nc2cccc(C(F)(F)F)c2)n1. The summed E-state index contributed by atoms with van der Waals surface area (Å²) < 4.78 is 40.2. The minimum atomic E-state index is -4.52. The molecule has 3 aromatic rings. The number of hydrogen-bond acceptors (Lipinski definition) is 3. The summed E-state index contributed by atoms with van der Waals surface area (Å²) >= 11 is 0. The number of nitrogens with one attached hydrogen (secondary N) is 2. The number of anilines is 2. The van der Waals surface area contributed by atoms with Crippen LogP contribution in [0, 0.1) is 13.8 Å². The molecule has 0 unspecified atom stereocenters. The molecule has 0 aliphatic rings. The number of rotatable bonds is 5. The van der Waals surface area contributed by atoms with Crippen LogP contribution in [0.2, 0.25) is 0 Å². The number of nitrogens with zero attached hydrogens (tertiary/aromatic N) is 2. The van der Waals surface area contributed by atoms with Gasteiger partial charge < -0.3 is 10.6 Å². The van der Waals surface area contributed by atoms with Crippen LogP contribution in [0.3, 0.4) is 0 Å². The van der Waals surface area contributed by atoms with Gasteiger partial charge in [-0.2, -0.15) is 18.3 Å². The van der Waals surface area contributed by atoms with Crippen molar-refractivity contribution in [1.29, 1.82) is 0 Å². The molecule has 3 rings (SSSR count). The third-order valence-electron chi connectivity index (χ3n) is 4.29. The first kappa shape index (κ1) is 21.1. The molecule has 0 saturated heterocycles. The first-order valence-corrected chi connectivity index (χ1v) is 9.02. The number of benzene rings is 2. The molecule has 0 saturated carbocycles. The van der Waals surface area contributed by atoms with Crippen molar-refractivity contribution in [3.63, 3.8) is 0 Å². The van der Waals surface area contributed by atoms with Crippen molar-refractivity contribution in [2.75, 3.05) is 10.6 Å². The van der Waals surface area contributed by atoms with E-state index in [1.54, 1.807) is 18.2 Å². The second kappa shape index (κ2) is 8.40. The van der Waals surface area contributed by atoms with Gasteiger partial charge in [-0.1, -0.05) is 18.2 Å². The molecule has 0 fully saturated rings. The lowest BCUT2D eigenvalue weighted by Gasteiger charge is -2.13. The van der Waals surface area contributed by atoms with Crippen LogP contribution in [0.4, 0.5) is 24.5 Å². The molecule has 1 heterocycles. The summed E-state index contributed by atoms with van der Waals surface area (Å²) in [6.07, 6.45) is -4.52. The molecule has 0 aliphatic carbocycles. The van der Waals surface area contributed by atoms with E-state index in [1.807, 2.05) is 19.9 Å². The molecule has 1 aromatic heterocycles. The Morgan fingerprint density at radius 3 is 2.40 bits per heavy atom. The Bertz CT molecular complexity index is 1090. The molecule has 0 atom stereocenters. The lowest BCUT2D eigenvalue weighted by Crippen LogP contribution is -2.22. The van der Waals surface area contributed by atoms with E-state index in [0.29, 0.717) is 0 Å². The number of carbonyl (C=O) groups excluding carboxylic acids is 2. The number of aromatic nitrogens is 2. The standard InChI is InChI=1S/C21H19F3N4O2/c1-13-10-14(2)28(27-13)12-19(29)26-18-9-4-3-8-17(18)20(30)25-16-7-5-6-15(11-16)21(22,23)24/h3-11H,12H2,1-2H3,(H,25,30)(H,26,29). The number of carbonyl (C=O) groups is 2. The minimum Gasteiger partial charge on any atom is -0.324 e. The Morgan fingerprint density at radius 1 is 1.00 bits per heavy atom. The average Bonchev–Trinajstić information content (AvgIpc) is 2.98. The molecule has 0 bridgehead atoms. The van der Waals surface area contributed by atoms with Crippen molar-refractivity contribution in [3.05, 3.63) is 77.1 Å². The Hall–Kier alpha value is -3.62. The summed E-state index contributed by atoms with van der Waals surface area (Å²) in [5.74, 6) is -1.03. The predicted molar refractivity (Wildman–Crippen MR) is 106 cm³/mol. The Balaban J connectivity index is 1.75. The maximum atomic E-state index is 12.9. The lowest BCUT2D eigenvalue weighted by molar-refractivity contribution is -0.137.